The molecule has 0 radical (unpaired) electrons. The molecule has 0 saturated heterocycles. The molecule has 0 aliphatic rings. The molecule has 2 nitrogen and oxygen atoms in total. The van der Waals surface area contributed by atoms with Crippen LogP contribution in [0.2, 0.25) is 0 Å². The van der Waals surface area contributed by atoms with Crippen LogP contribution < -0.4 is 4.74 Å². The van der Waals surface area contributed by atoms with Crippen LogP contribution in [0.15, 0.2) is 48.5 Å². The normalized spacial score (nSPS) is 10.4. The van der Waals surface area contributed by atoms with Gasteiger partial charge >= 0.3 is 0 Å². The molecule has 106 valence electrons. The van der Waals surface area contributed by atoms with Crippen molar-refractivity contribution in [3.05, 3.63) is 59.7 Å². The summed E-state index contributed by atoms with van der Waals surface area (Å²) < 4.78 is 5.74. The Kier molecular flexibility index (Phi) is 5.48. The molecule has 2 heteroatoms. The van der Waals surface area contributed by atoms with Crippen molar-refractivity contribution in [1.29, 1.82) is 0 Å². The summed E-state index contributed by atoms with van der Waals surface area (Å²) >= 11 is 0. The highest BCUT2D eigenvalue weighted by molar-refractivity contribution is 5.27. The summed E-state index contributed by atoms with van der Waals surface area (Å²) in [5.74, 6) is 1.26. The van der Waals surface area contributed by atoms with Crippen molar-refractivity contribution in [3.8, 4) is 11.5 Å². The quantitative estimate of drug-likeness (QED) is 0.758. The van der Waals surface area contributed by atoms with E-state index in [-0.39, 0.29) is 0 Å². The van der Waals surface area contributed by atoms with Crippen LogP contribution in [0, 0.1) is 0 Å². The molecule has 0 spiro atoms. The predicted molar refractivity (Wildman–Crippen MR) is 82.4 cm³/mol. The smallest absolute Gasteiger partial charge is 0.119 e. The molecule has 0 aliphatic carbocycles. The van der Waals surface area contributed by atoms with Gasteiger partial charge in [0.15, 0.2) is 0 Å². The van der Waals surface area contributed by atoms with Crippen LogP contribution in [0.1, 0.15) is 30.9 Å². The Labute approximate surface area is 121 Å². The number of aryl methyl sites for hydroxylation is 2. The summed E-state index contributed by atoms with van der Waals surface area (Å²) in [5, 5.41) is 9.21. The fourth-order valence-corrected chi connectivity index (χ4v) is 2.17. The van der Waals surface area contributed by atoms with Crippen LogP contribution in [-0.2, 0) is 12.8 Å². The van der Waals surface area contributed by atoms with Gasteiger partial charge in [0.25, 0.3) is 0 Å². The molecule has 2 rings (SSSR count). The van der Waals surface area contributed by atoms with E-state index in [0.717, 1.165) is 25.0 Å². The standard InChI is InChI=1S/C18H22O2/c1-2-4-15-8-12-18(13-9-15)20-14-3-5-16-6-10-17(19)11-7-16/h6-13,19H,2-5,14H2,1H3. The van der Waals surface area contributed by atoms with E-state index in [1.807, 2.05) is 24.3 Å². The summed E-state index contributed by atoms with van der Waals surface area (Å²) in [6.07, 6.45) is 4.24. The second-order valence-electron chi connectivity index (χ2n) is 5.01. The van der Waals surface area contributed by atoms with Gasteiger partial charge in [0.1, 0.15) is 11.5 Å². The van der Waals surface area contributed by atoms with E-state index < -0.39 is 0 Å². The summed E-state index contributed by atoms with van der Waals surface area (Å²) in [7, 11) is 0. The van der Waals surface area contributed by atoms with Crippen molar-refractivity contribution in [2.45, 2.75) is 32.6 Å². The number of hydrogen-bond acceptors (Lipinski definition) is 2. The molecule has 0 unspecified atom stereocenters. The van der Waals surface area contributed by atoms with Gasteiger partial charge in [-0.3, -0.25) is 0 Å². The van der Waals surface area contributed by atoms with E-state index in [4.69, 9.17) is 4.74 Å². The van der Waals surface area contributed by atoms with Crippen LogP contribution >= 0.6 is 0 Å². The molecule has 1 N–H and O–H groups in total. The summed E-state index contributed by atoms with van der Waals surface area (Å²) in [5.41, 5.74) is 2.59. The number of ether oxygens (including phenoxy) is 1. The zero-order valence-electron chi connectivity index (χ0n) is 12.0. The number of phenolic OH excluding ortho intramolecular Hbond substituents is 1. The lowest BCUT2D eigenvalue weighted by Crippen LogP contribution is -1.99. The third-order valence-electron chi connectivity index (χ3n) is 3.28. The summed E-state index contributed by atoms with van der Waals surface area (Å²) in [6.45, 7) is 2.90. The van der Waals surface area contributed by atoms with E-state index in [0.29, 0.717) is 12.4 Å². The van der Waals surface area contributed by atoms with Crippen molar-refractivity contribution >= 4 is 0 Å². The zero-order chi connectivity index (χ0) is 14.2. The molecule has 0 heterocycles. The first-order valence-corrected chi connectivity index (χ1v) is 7.27. The molecule has 2 aromatic rings. The van der Waals surface area contributed by atoms with Crippen molar-refractivity contribution in [2.24, 2.45) is 0 Å². The lowest BCUT2D eigenvalue weighted by molar-refractivity contribution is 0.311. The second kappa shape index (κ2) is 7.59. The van der Waals surface area contributed by atoms with Crippen LogP contribution in [0.4, 0.5) is 0 Å². The van der Waals surface area contributed by atoms with Crippen molar-refractivity contribution < 1.29 is 9.84 Å². The molecule has 0 aromatic heterocycles. The topological polar surface area (TPSA) is 29.5 Å². The molecule has 0 aliphatic heterocycles. The van der Waals surface area contributed by atoms with Gasteiger partial charge in [0.05, 0.1) is 6.61 Å². The Bertz CT molecular complexity index is 500. The van der Waals surface area contributed by atoms with Crippen LogP contribution in [-0.4, -0.2) is 11.7 Å². The minimum absolute atomic E-state index is 0.317. The largest absolute Gasteiger partial charge is 0.508 e. The second-order valence-corrected chi connectivity index (χ2v) is 5.01. The number of hydrogen-bond donors (Lipinski definition) is 1. The molecule has 20 heavy (non-hydrogen) atoms. The minimum Gasteiger partial charge on any atom is -0.508 e. The monoisotopic (exact) mass is 270 g/mol. The lowest BCUT2D eigenvalue weighted by Gasteiger charge is -2.07. The average molecular weight is 270 g/mol. The molecule has 0 amide bonds. The average Bonchev–Trinajstić information content (AvgIpc) is 2.47. The molecule has 0 bridgehead atoms. The molecule has 2 aromatic carbocycles. The number of phenols is 1. The SMILES string of the molecule is CCCc1ccc(OCCCc2ccc(O)cc2)cc1. The van der Waals surface area contributed by atoms with Gasteiger partial charge < -0.3 is 9.84 Å². The van der Waals surface area contributed by atoms with Gasteiger partial charge in [-0.1, -0.05) is 37.6 Å². The van der Waals surface area contributed by atoms with Crippen LogP contribution in [0.5, 0.6) is 11.5 Å². The zero-order valence-corrected chi connectivity index (χ0v) is 12.0. The van der Waals surface area contributed by atoms with Gasteiger partial charge in [0.2, 0.25) is 0 Å². The highest BCUT2D eigenvalue weighted by Crippen LogP contribution is 2.15. The van der Waals surface area contributed by atoms with Crippen molar-refractivity contribution in [3.63, 3.8) is 0 Å². The third-order valence-corrected chi connectivity index (χ3v) is 3.28. The summed E-state index contributed by atoms with van der Waals surface area (Å²) in [4.78, 5) is 0. The molecule has 0 fully saturated rings. The van der Waals surface area contributed by atoms with Gasteiger partial charge in [-0.2, -0.15) is 0 Å². The number of rotatable bonds is 7. The molecular formula is C18H22O2. The van der Waals surface area contributed by atoms with E-state index in [2.05, 4.69) is 19.1 Å². The van der Waals surface area contributed by atoms with Crippen LogP contribution in [0.3, 0.4) is 0 Å². The highest BCUT2D eigenvalue weighted by atomic mass is 16.5. The molecule has 0 saturated carbocycles. The molecule has 0 atom stereocenters. The van der Waals surface area contributed by atoms with E-state index >= 15 is 0 Å². The minimum atomic E-state index is 0.317. The Balaban J connectivity index is 1.71. The van der Waals surface area contributed by atoms with Gasteiger partial charge in [-0.25, -0.2) is 0 Å². The maximum atomic E-state index is 9.21. The highest BCUT2D eigenvalue weighted by Gasteiger charge is 1.97. The maximum Gasteiger partial charge on any atom is 0.119 e. The van der Waals surface area contributed by atoms with E-state index in [1.54, 1.807) is 12.1 Å². The number of benzene rings is 2. The van der Waals surface area contributed by atoms with Gasteiger partial charge in [0, 0.05) is 0 Å². The van der Waals surface area contributed by atoms with Crippen molar-refractivity contribution in [2.75, 3.05) is 6.61 Å². The number of aromatic hydroxyl groups is 1. The Morgan fingerprint density at radius 2 is 1.45 bits per heavy atom. The van der Waals surface area contributed by atoms with Gasteiger partial charge in [-0.15, -0.1) is 0 Å². The predicted octanol–water partition coefficient (Wildman–Crippen LogP) is 4.36. The Hall–Kier alpha value is -1.96. The third kappa shape index (κ3) is 4.61. The lowest BCUT2D eigenvalue weighted by atomic mass is 10.1. The first-order valence-electron chi connectivity index (χ1n) is 7.27. The van der Waals surface area contributed by atoms with Crippen molar-refractivity contribution in [1.82, 2.24) is 0 Å². The van der Waals surface area contributed by atoms with E-state index in [9.17, 15) is 5.11 Å². The molecular weight excluding hydrogens is 248 g/mol. The van der Waals surface area contributed by atoms with E-state index in [1.165, 1.54) is 17.5 Å². The van der Waals surface area contributed by atoms with Gasteiger partial charge in [-0.05, 0) is 54.7 Å². The fourth-order valence-electron chi connectivity index (χ4n) is 2.17. The van der Waals surface area contributed by atoms with Crippen LogP contribution in [0.25, 0.3) is 0 Å². The first-order chi connectivity index (χ1) is 9.78. The summed E-state index contributed by atoms with van der Waals surface area (Å²) in [6, 6.07) is 15.7. The Morgan fingerprint density at radius 3 is 2.10 bits per heavy atom. The first kappa shape index (κ1) is 14.4. The Morgan fingerprint density at radius 1 is 0.850 bits per heavy atom. The maximum absolute atomic E-state index is 9.21. The fraction of sp³-hybridized carbons (Fsp3) is 0.333.